The molecule has 1 aliphatic heterocycles. The molecule has 7 heteroatoms. The van der Waals surface area contributed by atoms with Crippen molar-refractivity contribution in [3.8, 4) is 4.37 Å². The van der Waals surface area contributed by atoms with Crippen LogP contribution in [-0.2, 0) is 32.2 Å². The summed E-state index contributed by atoms with van der Waals surface area (Å²) < 4.78 is 22.3. The molecule has 3 aromatic carbocycles. The summed E-state index contributed by atoms with van der Waals surface area (Å²) in [5.74, 6) is 0. The Morgan fingerprint density at radius 3 is 1.72 bits per heavy atom. The van der Waals surface area contributed by atoms with Crippen molar-refractivity contribution < 1.29 is 32.2 Å². The number of hydrogen-bond donors (Lipinski definition) is 0. The van der Waals surface area contributed by atoms with Crippen molar-refractivity contribution in [1.29, 1.82) is 0 Å². The molecule has 0 radical (unpaired) electrons. The van der Waals surface area contributed by atoms with Gasteiger partial charge in [-0.15, -0.1) is 0 Å². The maximum absolute atomic E-state index is 6.21. The van der Waals surface area contributed by atoms with E-state index in [4.69, 9.17) is 14.2 Å². The summed E-state index contributed by atoms with van der Waals surface area (Å²) in [7, 11) is 1.19. The zero-order valence-corrected chi connectivity index (χ0v) is 35.5. The molecule has 1 aliphatic carbocycles. The number of allylic oxidation sites excluding steroid dienone is 6. The van der Waals surface area contributed by atoms with Gasteiger partial charge in [0.15, 0.2) is 0 Å². The van der Waals surface area contributed by atoms with Gasteiger partial charge in [0.25, 0.3) is 0 Å². The number of thiophene rings is 2. The molecule has 0 amide bonds. The van der Waals surface area contributed by atoms with E-state index in [2.05, 4.69) is 158 Å². The average molecular weight is 929 g/mol. The number of fused-ring (bicyclic) bond motifs is 2. The fourth-order valence-corrected chi connectivity index (χ4v) is 15.7. The van der Waals surface area contributed by atoms with Gasteiger partial charge in [0.05, 0.1) is 0 Å². The Hall–Kier alpha value is -3.51. The standard InChI is InChI=1S/C46H43O3PS2.Os/c1-6-17-34-30-49-31-35(34)27-33(25-26-40-29-42-44(48-5)45-41(28-39(51-45)18-7-2)43(47-4)46(42)52-40)32(3)50(36-19-11-8-12-20-36,37-21-13-9-14-22-37)38-23-15-10-16-24-38;/h7-29,43-44H,6,30-31H2,1-2,4-5H3;/q+1;/b18-7+,26-25+,33-32?,34-17?,35-27?;. The minimum atomic E-state index is -2.43. The van der Waals surface area contributed by atoms with Gasteiger partial charge in [0, 0.05) is 0 Å². The second-order valence-corrected chi connectivity index (χ2v) is 19.1. The third-order valence-electron chi connectivity index (χ3n) is 9.72. The first kappa shape index (κ1) is 37.8. The van der Waals surface area contributed by atoms with Crippen LogP contribution in [-0.4, -0.2) is 27.4 Å². The van der Waals surface area contributed by atoms with Crippen LogP contribution in [0.15, 0.2) is 149 Å². The van der Waals surface area contributed by atoms with Crippen molar-refractivity contribution in [3.63, 3.8) is 0 Å². The van der Waals surface area contributed by atoms with Crippen LogP contribution in [0.25, 0.3) is 12.2 Å². The van der Waals surface area contributed by atoms with Crippen LogP contribution in [0.5, 0.6) is 0 Å². The van der Waals surface area contributed by atoms with Crippen LogP contribution in [0.2, 0.25) is 0 Å². The first-order valence-corrected chi connectivity index (χ1v) is 22.5. The van der Waals surface area contributed by atoms with Gasteiger partial charge < -0.3 is 0 Å². The van der Waals surface area contributed by atoms with E-state index in [9.17, 15) is 0 Å². The van der Waals surface area contributed by atoms with Crippen LogP contribution >= 0.6 is 29.9 Å². The third-order valence-corrected chi connectivity index (χ3v) is 17.4. The van der Waals surface area contributed by atoms with Crippen LogP contribution < -0.4 is 15.9 Å². The van der Waals surface area contributed by atoms with Crippen molar-refractivity contribution in [2.45, 2.75) is 32.5 Å². The van der Waals surface area contributed by atoms with Crippen molar-refractivity contribution in [3.05, 3.63) is 180 Å². The number of hydrogen-bond acceptors (Lipinski definition) is 5. The van der Waals surface area contributed by atoms with Crippen molar-refractivity contribution in [2.75, 3.05) is 27.4 Å². The molecular formula is C46H43O3OsPS2+. The fraction of sp³-hybridized carbons (Fsp3) is 0.196. The predicted octanol–water partition coefficient (Wildman–Crippen LogP) is 10.7. The molecule has 2 aromatic heterocycles. The topological polar surface area (TPSA) is 27.7 Å². The van der Waals surface area contributed by atoms with Gasteiger partial charge in [-0.3, -0.25) is 0 Å². The molecule has 0 spiro atoms. The van der Waals surface area contributed by atoms with Gasteiger partial charge in [-0.25, -0.2) is 0 Å². The summed E-state index contributed by atoms with van der Waals surface area (Å²) in [5, 5.41) is 5.09. The molecule has 53 heavy (non-hydrogen) atoms. The Bertz CT molecular complexity index is 2110. The molecular weight excluding hydrogens is 886 g/mol. The summed E-state index contributed by atoms with van der Waals surface area (Å²) in [6, 6.07) is 37.7. The molecule has 3 nitrogen and oxygen atoms in total. The van der Waals surface area contributed by atoms with Crippen LogP contribution in [0.4, 0.5) is 0 Å². The van der Waals surface area contributed by atoms with E-state index in [1.165, 1.54) is 58.1 Å². The SMILES string of the molecule is C/C=C/c1cc2c(s1)C(OC)c1cc(/C=C/C(C=C3COCC3=CCC)=C([C]#[Os])[P+](c3ccccc3)(c3ccccc3)c3ccccc3)sc1C2OC. The average Bonchev–Trinajstić information content (AvgIpc) is 3.95. The fourth-order valence-electron chi connectivity index (χ4n) is 7.45. The Morgan fingerprint density at radius 1 is 0.774 bits per heavy atom. The van der Waals surface area contributed by atoms with Gasteiger partial charge in [-0.1, -0.05) is 6.08 Å². The van der Waals surface area contributed by atoms with Crippen molar-refractivity contribution in [1.82, 2.24) is 0 Å². The van der Waals surface area contributed by atoms with E-state index in [-0.39, 0.29) is 12.2 Å². The first-order valence-electron chi connectivity index (χ1n) is 17.8. The second kappa shape index (κ2) is 17.3. The Kier molecular flexibility index (Phi) is 12.3. The molecule has 5 aromatic rings. The van der Waals surface area contributed by atoms with Gasteiger partial charge in [0.2, 0.25) is 0 Å². The van der Waals surface area contributed by atoms with Crippen molar-refractivity contribution in [2.24, 2.45) is 0 Å². The third kappa shape index (κ3) is 7.34. The summed E-state index contributed by atoms with van der Waals surface area (Å²) >= 11 is 5.39. The van der Waals surface area contributed by atoms with Crippen LogP contribution in [0.3, 0.4) is 0 Å². The summed E-state index contributed by atoms with van der Waals surface area (Å²) in [5.41, 5.74) is 6.01. The normalized spacial score (nSPS) is 19.2. The zero-order valence-electron chi connectivity index (χ0n) is 30.4. The molecule has 3 heterocycles. The van der Waals surface area contributed by atoms with Crippen LogP contribution in [0.1, 0.15) is 63.1 Å². The molecule has 1 saturated heterocycles. The zero-order chi connectivity index (χ0) is 36.8. The molecule has 2 unspecified atom stereocenters. The van der Waals surface area contributed by atoms with E-state index < -0.39 is 7.26 Å². The van der Waals surface area contributed by atoms with E-state index in [0.29, 0.717) is 13.2 Å². The van der Waals surface area contributed by atoms with Gasteiger partial charge in [-0.05, 0) is 13.0 Å². The van der Waals surface area contributed by atoms with E-state index in [1.807, 2.05) is 32.2 Å². The molecule has 0 N–H and O–H groups in total. The van der Waals surface area contributed by atoms with E-state index in [0.717, 1.165) is 16.9 Å². The van der Waals surface area contributed by atoms with E-state index >= 15 is 0 Å². The quantitative estimate of drug-likeness (QED) is 0.0976. The molecule has 0 bridgehead atoms. The Labute approximate surface area is 332 Å². The molecule has 269 valence electrons. The minimum absolute atomic E-state index is 0.134. The van der Waals surface area contributed by atoms with Gasteiger partial charge in [0.1, 0.15) is 0 Å². The summed E-state index contributed by atoms with van der Waals surface area (Å²) in [6.45, 7) is 5.47. The van der Waals surface area contributed by atoms with Gasteiger partial charge >= 0.3 is 315 Å². The number of rotatable bonds is 11. The molecule has 0 saturated carbocycles. The van der Waals surface area contributed by atoms with E-state index in [1.54, 1.807) is 22.7 Å². The second-order valence-electron chi connectivity index (χ2n) is 12.9. The molecule has 2 atom stereocenters. The number of methoxy groups -OCH3 is 2. The van der Waals surface area contributed by atoms with Gasteiger partial charge in [-0.2, -0.15) is 0 Å². The Balaban J connectivity index is 1.47. The monoisotopic (exact) mass is 930 g/mol. The molecule has 1 fully saturated rings. The predicted molar refractivity (Wildman–Crippen MR) is 223 cm³/mol. The summed E-state index contributed by atoms with van der Waals surface area (Å²) in [6.07, 6.45) is 14.2. The van der Waals surface area contributed by atoms with Crippen LogP contribution in [0, 0.1) is 4.37 Å². The number of ether oxygens (including phenoxy) is 3. The van der Waals surface area contributed by atoms with Crippen molar-refractivity contribution >= 4 is 58.0 Å². The maximum atomic E-state index is 6.21. The first-order chi connectivity index (χ1) is 26.1. The summed E-state index contributed by atoms with van der Waals surface area (Å²) in [4.78, 5) is 4.80. The Morgan fingerprint density at radius 2 is 1.26 bits per heavy atom. The number of benzene rings is 3. The molecule has 7 rings (SSSR count). The molecule has 2 aliphatic rings.